The molecule has 0 aromatic heterocycles. The minimum Gasteiger partial charge on any atom is -0.466 e. The van der Waals surface area contributed by atoms with E-state index in [0.29, 0.717) is 13.0 Å². The highest BCUT2D eigenvalue weighted by Gasteiger charge is 1.95. The molecule has 3 nitrogen and oxygen atoms in total. The van der Waals surface area contributed by atoms with Gasteiger partial charge in [-0.1, -0.05) is 33.1 Å². The lowest BCUT2D eigenvalue weighted by molar-refractivity contribution is -0.143. The summed E-state index contributed by atoms with van der Waals surface area (Å²) in [5.41, 5.74) is 0. The van der Waals surface area contributed by atoms with Gasteiger partial charge in [-0.25, -0.2) is 0 Å². The Morgan fingerprint density at radius 1 is 1.17 bits per heavy atom. The predicted octanol–water partition coefficient (Wildman–Crippen LogP) is 1.70. The van der Waals surface area contributed by atoms with Gasteiger partial charge in [0.05, 0.1) is 6.61 Å². The van der Waals surface area contributed by atoms with Gasteiger partial charge in [0.2, 0.25) is 0 Å². The number of carbonyl (C=O) groups is 1. The van der Waals surface area contributed by atoms with Crippen molar-refractivity contribution in [3.63, 3.8) is 0 Å². The van der Waals surface area contributed by atoms with Crippen LogP contribution in [0, 0.1) is 0 Å². The second kappa shape index (κ2) is 10.4. The molecule has 0 amide bonds. The van der Waals surface area contributed by atoms with Crippen LogP contribution in [-0.2, 0) is 9.53 Å². The highest BCUT2D eigenvalue weighted by molar-refractivity contribution is 5.68. The minimum absolute atomic E-state index is 0. The topological polar surface area (TPSA) is 57.8 Å². The Kier molecular flexibility index (Phi) is 12.2. The van der Waals surface area contributed by atoms with Gasteiger partial charge in [-0.2, -0.15) is 0 Å². The molecule has 0 saturated heterocycles. The van der Waals surface area contributed by atoms with Crippen LogP contribution in [0.1, 0.15) is 46.0 Å². The van der Waals surface area contributed by atoms with Gasteiger partial charge in [0.1, 0.15) is 0 Å². The third-order valence-electron chi connectivity index (χ3n) is 1.55. The average Bonchev–Trinajstić information content (AvgIpc) is 2.04. The molecule has 0 aliphatic carbocycles. The summed E-state index contributed by atoms with van der Waals surface area (Å²) in [5, 5.41) is 0. The third kappa shape index (κ3) is 9.43. The molecule has 12 heavy (non-hydrogen) atoms. The van der Waals surface area contributed by atoms with E-state index in [1.54, 1.807) is 0 Å². The Balaban J connectivity index is 0. The van der Waals surface area contributed by atoms with Gasteiger partial charge in [-0.15, -0.1) is 0 Å². The van der Waals surface area contributed by atoms with Crippen LogP contribution >= 0.6 is 0 Å². The van der Waals surface area contributed by atoms with Crippen molar-refractivity contribution in [2.24, 2.45) is 0 Å². The summed E-state index contributed by atoms with van der Waals surface area (Å²) >= 11 is 0. The summed E-state index contributed by atoms with van der Waals surface area (Å²) in [6, 6.07) is 0. The molecular formula is C9H20O3. The maximum absolute atomic E-state index is 10.6. The van der Waals surface area contributed by atoms with Crippen LogP contribution in [0.5, 0.6) is 0 Å². The van der Waals surface area contributed by atoms with E-state index < -0.39 is 0 Å². The summed E-state index contributed by atoms with van der Waals surface area (Å²) in [5.74, 6) is -0.0819. The van der Waals surface area contributed by atoms with Crippen LogP contribution in [0.25, 0.3) is 0 Å². The van der Waals surface area contributed by atoms with E-state index in [2.05, 4.69) is 6.92 Å². The van der Waals surface area contributed by atoms with E-state index in [1.165, 1.54) is 19.3 Å². The first kappa shape index (κ1) is 14.0. The Bertz CT molecular complexity index is 102. The van der Waals surface area contributed by atoms with Crippen molar-refractivity contribution in [3.05, 3.63) is 0 Å². The standard InChI is InChI=1S/C9H18O2.H2O/c1-3-5-6-7-8-11-9(10)4-2;/h3-8H2,1-2H3;1H2. The Labute approximate surface area is 74.4 Å². The van der Waals surface area contributed by atoms with Gasteiger partial charge in [0.15, 0.2) is 0 Å². The fraction of sp³-hybridized carbons (Fsp3) is 0.889. The Morgan fingerprint density at radius 2 is 1.83 bits per heavy atom. The normalized spacial score (nSPS) is 8.83. The van der Waals surface area contributed by atoms with Gasteiger partial charge in [-0.3, -0.25) is 4.79 Å². The van der Waals surface area contributed by atoms with E-state index in [1.807, 2.05) is 6.92 Å². The highest BCUT2D eigenvalue weighted by atomic mass is 16.5. The molecule has 0 radical (unpaired) electrons. The van der Waals surface area contributed by atoms with Crippen molar-refractivity contribution in [3.8, 4) is 0 Å². The number of rotatable bonds is 6. The summed E-state index contributed by atoms with van der Waals surface area (Å²) in [6.07, 6.45) is 5.15. The molecule has 0 aliphatic heterocycles. The van der Waals surface area contributed by atoms with Crippen LogP contribution in [0.2, 0.25) is 0 Å². The second-order valence-corrected chi connectivity index (χ2v) is 2.63. The third-order valence-corrected chi connectivity index (χ3v) is 1.55. The summed E-state index contributed by atoms with van der Waals surface area (Å²) in [7, 11) is 0. The molecule has 0 aromatic rings. The first-order valence-electron chi connectivity index (χ1n) is 4.46. The van der Waals surface area contributed by atoms with E-state index in [0.717, 1.165) is 6.42 Å². The number of ether oxygens (including phenoxy) is 1. The highest BCUT2D eigenvalue weighted by Crippen LogP contribution is 1.99. The van der Waals surface area contributed by atoms with Crippen LogP contribution in [-0.4, -0.2) is 18.1 Å². The number of esters is 1. The number of hydrogen-bond donors (Lipinski definition) is 0. The van der Waals surface area contributed by atoms with Crippen molar-refractivity contribution < 1.29 is 15.0 Å². The lowest BCUT2D eigenvalue weighted by atomic mass is 10.2. The molecule has 0 unspecified atom stereocenters. The zero-order valence-corrected chi connectivity index (χ0v) is 8.06. The molecule has 0 heterocycles. The van der Waals surface area contributed by atoms with Gasteiger partial charge in [-0.05, 0) is 6.42 Å². The van der Waals surface area contributed by atoms with E-state index in [9.17, 15) is 4.79 Å². The molecule has 74 valence electrons. The second-order valence-electron chi connectivity index (χ2n) is 2.63. The SMILES string of the molecule is CCCCCCOC(=O)CC.O. The zero-order chi connectivity index (χ0) is 8.53. The fourth-order valence-electron chi connectivity index (χ4n) is 0.817. The van der Waals surface area contributed by atoms with Crippen molar-refractivity contribution in [2.45, 2.75) is 46.0 Å². The van der Waals surface area contributed by atoms with Gasteiger partial charge < -0.3 is 10.2 Å². The van der Waals surface area contributed by atoms with Crippen molar-refractivity contribution in [1.29, 1.82) is 0 Å². The Hall–Kier alpha value is -0.570. The monoisotopic (exact) mass is 176 g/mol. The van der Waals surface area contributed by atoms with Crippen LogP contribution in [0.15, 0.2) is 0 Å². The minimum atomic E-state index is -0.0819. The number of carbonyl (C=O) groups excluding carboxylic acids is 1. The van der Waals surface area contributed by atoms with Crippen molar-refractivity contribution >= 4 is 5.97 Å². The molecule has 2 N–H and O–H groups in total. The fourth-order valence-corrected chi connectivity index (χ4v) is 0.817. The quantitative estimate of drug-likeness (QED) is 0.457. The maximum Gasteiger partial charge on any atom is 0.305 e. The van der Waals surface area contributed by atoms with Crippen LogP contribution in [0.3, 0.4) is 0 Å². The first-order valence-corrected chi connectivity index (χ1v) is 4.46. The van der Waals surface area contributed by atoms with Gasteiger partial charge in [0.25, 0.3) is 0 Å². The van der Waals surface area contributed by atoms with Crippen molar-refractivity contribution in [2.75, 3.05) is 6.61 Å². The van der Waals surface area contributed by atoms with Gasteiger partial charge in [0, 0.05) is 6.42 Å². The lowest BCUT2D eigenvalue weighted by Crippen LogP contribution is -2.03. The number of hydrogen-bond acceptors (Lipinski definition) is 2. The Morgan fingerprint density at radius 3 is 2.33 bits per heavy atom. The summed E-state index contributed by atoms with van der Waals surface area (Å²) < 4.78 is 4.90. The molecule has 3 heteroatoms. The molecule has 0 saturated carbocycles. The number of unbranched alkanes of at least 4 members (excludes halogenated alkanes) is 3. The molecule has 0 fully saturated rings. The molecule has 0 bridgehead atoms. The maximum atomic E-state index is 10.6. The van der Waals surface area contributed by atoms with Crippen LogP contribution in [0.4, 0.5) is 0 Å². The molecule has 0 aliphatic rings. The summed E-state index contributed by atoms with van der Waals surface area (Å²) in [6.45, 7) is 4.58. The predicted molar refractivity (Wildman–Crippen MR) is 49.0 cm³/mol. The molecular weight excluding hydrogens is 156 g/mol. The van der Waals surface area contributed by atoms with E-state index in [-0.39, 0.29) is 11.4 Å². The lowest BCUT2D eigenvalue weighted by Gasteiger charge is -2.01. The molecule has 0 spiro atoms. The first-order chi connectivity index (χ1) is 5.31. The van der Waals surface area contributed by atoms with Crippen molar-refractivity contribution in [1.82, 2.24) is 0 Å². The smallest absolute Gasteiger partial charge is 0.305 e. The van der Waals surface area contributed by atoms with E-state index in [4.69, 9.17) is 4.74 Å². The average molecular weight is 176 g/mol. The van der Waals surface area contributed by atoms with Gasteiger partial charge >= 0.3 is 5.97 Å². The molecule has 0 rings (SSSR count). The molecule has 0 atom stereocenters. The molecule has 0 aromatic carbocycles. The largest absolute Gasteiger partial charge is 0.466 e. The zero-order valence-electron chi connectivity index (χ0n) is 8.06. The summed E-state index contributed by atoms with van der Waals surface area (Å²) in [4.78, 5) is 10.6. The van der Waals surface area contributed by atoms with E-state index >= 15 is 0 Å². The van der Waals surface area contributed by atoms with Crippen LogP contribution < -0.4 is 0 Å².